The van der Waals surface area contributed by atoms with E-state index in [0.717, 1.165) is 5.56 Å². The summed E-state index contributed by atoms with van der Waals surface area (Å²) in [5.41, 5.74) is 2.14. The van der Waals surface area contributed by atoms with Crippen molar-refractivity contribution >= 4 is 10.7 Å². The molecule has 0 N–H and O–H groups in total. The van der Waals surface area contributed by atoms with Crippen LogP contribution in [-0.2, 0) is 16.5 Å². The van der Waals surface area contributed by atoms with Gasteiger partial charge in [-0.3, -0.25) is 0 Å². The molecule has 0 saturated heterocycles. The van der Waals surface area contributed by atoms with Gasteiger partial charge in [-0.05, 0) is 34.9 Å². The normalized spacial score (nSPS) is 10.7. The number of hydrogen-bond acceptors (Lipinski definition) is 2. The van der Waals surface area contributed by atoms with Crippen molar-refractivity contribution in [3.8, 4) is 11.1 Å². The van der Waals surface area contributed by atoms with Crippen LogP contribution in [0.3, 0.4) is 0 Å². The zero-order chi connectivity index (χ0) is 12.3. The SMILES string of the molecule is O=[SH](=O)Cc1ccc[c]c1-c1ccc(F)cc1. The first-order valence-electron chi connectivity index (χ1n) is 5.04. The fraction of sp³-hybridized carbons (Fsp3) is 0.0769. The Balaban J connectivity index is 2.47. The maximum Gasteiger partial charge on any atom is 0.144 e. The molecule has 2 nitrogen and oxygen atoms in total. The van der Waals surface area contributed by atoms with Crippen LogP contribution in [0.15, 0.2) is 42.5 Å². The Morgan fingerprint density at radius 2 is 1.82 bits per heavy atom. The van der Waals surface area contributed by atoms with Crippen LogP contribution in [0, 0.1) is 11.9 Å². The molecule has 2 rings (SSSR count). The second kappa shape index (κ2) is 5.10. The fourth-order valence-corrected chi connectivity index (χ4v) is 2.17. The van der Waals surface area contributed by atoms with E-state index in [-0.39, 0.29) is 11.6 Å². The third-order valence-corrected chi connectivity index (χ3v) is 2.97. The van der Waals surface area contributed by atoms with Crippen LogP contribution < -0.4 is 0 Å². The van der Waals surface area contributed by atoms with Crippen molar-refractivity contribution in [1.29, 1.82) is 0 Å². The van der Waals surface area contributed by atoms with Crippen molar-refractivity contribution in [2.45, 2.75) is 5.75 Å². The lowest BCUT2D eigenvalue weighted by Crippen LogP contribution is -1.91. The van der Waals surface area contributed by atoms with Crippen molar-refractivity contribution in [2.24, 2.45) is 0 Å². The summed E-state index contributed by atoms with van der Waals surface area (Å²) >= 11 is 0. The Kier molecular flexibility index (Phi) is 3.54. The van der Waals surface area contributed by atoms with Crippen molar-refractivity contribution < 1.29 is 12.8 Å². The Labute approximate surface area is 101 Å². The summed E-state index contributed by atoms with van der Waals surface area (Å²) in [6.45, 7) is 0. The first kappa shape index (κ1) is 11.8. The highest BCUT2D eigenvalue weighted by Crippen LogP contribution is 2.23. The molecule has 0 aliphatic carbocycles. The number of halogens is 1. The molecule has 0 bridgehead atoms. The molecule has 87 valence electrons. The average molecular weight is 249 g/mol. The second-order valence-electron chi connectivity index (χ2n) is 3.57. The van der Waals surface area contributed by atoms with Gasteiger partial charge in [0.1, 0.15) is 16.5 Å². The minimum atomic E-state index is -2.48. The zero-order valence-electron chi connectivity index (χ0n) is 8.89. The van der Waals surface area contributed by atoms with Crippen LogP contribution in [-0.4, -0.2) is 8.42 Å². The van der Waals surface area contributed by atoms with Crippen LogP contribution in [0.2, 0.25) is 0 Å². The van der Waals surface area contributed by atoms with Gasteiger partial charge in [-0.2, -0.15) is 0 Å². The molecule has 17 heavy (non-hydrogen) atoms. The highest BCUT2D eigenvalue weighted by Gasteiger charge is 2.05. The predicted octanol–water partition coefficient (Wildman–Crippen LogP) is 2.40. The van der Waals surface area contributed by atoms with E-state index < -0.39 is 10.7 Å². The standard InChI is InChI=1S/C13H10FO2S/c14-12-7-5-10(6-8-12)13-4-2-1-3-11(13)9-17(15)16/h1-3,5-8,17H,9H2. The molecule has 0 aliphatic rings. The number of hydrogen-bond donors (Lipinski definition) is 1. The van der Waals surface area contributed by atoms with Gasteiger partial charge in [-0.1, -0.05) is 30.3 Å². The summed E-state index contributed by atoms with van der Waals surface area (Å²) in [5, 5.41) is 0. The van der Waals surface area contributed by atoms with Crippen LogP contribution in [0.1, 0.15) is 5.56 Å². The van der Waals surface area contributed by atoms with Gasteiger partial charge in [-0.15, -0.1) is 0 Å². The van der Waals surface area contributed by atoms with Gasteiger partial charge in [0.15, 0.2) is 0 Å². The van der Waals surface area contributed by atoms with Gasteiger partial charge in [-0.25, -0.2) is 12.8 Å². The van der Waals surface area contributed by atoms with E-state index in [2.05, 4.69) is 6.07 Å². The molecule has 0 atom stereocenters. The number of benzene rings is 2. The van der Waals surface area contributed by atoms with Crippen LogP contribution in [0.25, 0.3) is 11.1 Å². The van der Waals surface area contributed by atoms with E-state index in [1.54, 1.807) is 30.3 Å². The lowest BCUT2D eigenvalue weighted by molar-refractivity contribution is 0.614. The van der Waals surface area contributed by atoms with Crippen molar-refractivity contribution in [3.05, 3.63) is 59.9 Å². The van der Waals surface area contributed by atoms with Crippen LogP contribution >= 0.6 is 0 Å². The van der Waals surface area contributed by atoms with Crippen LogP contribution in [0.4, 0.5) is 4.39 Å². The van der Waals surface area contributed by atoms with Gasteiger partial charge < -0.3 is 0 Å². The Morgan fingerprint density at radius 3 is 2.47 bits per heavy atom. The summed E-state index contributed by atoms with van der Waals surface area (Å²) in [6, 6.07) is 14.1. The summed E-state index contributed by atoms with van der Waals surface area (Å²) in [5.74, 6) is -0.347. The lowest BCUT2D eigenvalue weighted by Gasteiger charge is -2.06. The van der Waals surface area contributed by atoms with Crippen molar-refractivity contribution in [1.82, 2.24) is 0 Å². The quantitative estimate of drug-likeness (QED) is 0.848. The van der Waals surface area contributed by atoms with Gasteiger partial charge in [0, 0.05) is 0 Å². The molecular formula is C13H10FO2S. The van der Waals surface area contributed by atoms with Gasteiger partial charge in [0.05, 0.1) is 5.75 Å². The van der Waals surface area contributed by atoms with Crippen molar-refractivity contribution in [3.63, 3.8) is 0 Å². The Hall–Kier alpha value is -1.68. The predicted molar refractivity (Wildman–Crippen MR) is 64.7 cm³/mol. The first-order valence-corrected chi connectivity index (χ1v) is 6.40. The van der Waals surface area contributed by atoms with Gasteiger partial charge >= 0.3 is 0 Å². The molecular weight excluding hydrogens is 239 g/mol. The molecule has 0 spiro atoms. The Bertz CT molecular complexity index is 581. The highest BCUT2D eigenvalue weighted by molar-refractivity contribution is 7.71. The third kappa shape index (κ3) is 2.91. The molecule has 0 heterocycles. The minimum Gasteiger partial charge on any atom is -0.232 e. The minimum absolute atomic E-state index is 0.0284. The monoisotopic (exact) mass is 249 g/mol. The van der Waals surface area contributed by atoms with Gasteiger partial charge in [0.2, 0.25) is 0 Å². The molecule has 0 unspecified atom stereocenters. The summed E-state index contributed by atoms with van der Waals surface area (Å²) < 4.78 is 34.3. The third-order valence-electron chi connectivity index (χ3n) is 2.37. The maximum atomic E-state index is 12.8. The smallest absolute Gasteiger partial charge is 0.144 e. The fourth-order valence-electron chi connectivity index (χ4n) is 1.63. The van der Waals surface area contributed by atoms with Gasteiger partial charge in [0.25, 0.3) is 0 Å². The lowest BCUT2D eigenvalue weighted by atomic mass is 10.0. The molecule has 0 fully saturated rings. The largest absolute Gasteiger partial charge is 0.232 e. The van der Waals surface area contributed by atoms with E-state index >= 15 is 0 Å². The highest BCUT2D eigenvalue weighted by atomic mass is 32.2. The number of rotatable bonds is 3. The molecule has 4 heteroatoms. The molecule has 0 aromatic heterocycles. The summed E-state index contributed by atoms with van der Waals surface area (Å²) in [7, 11) is -2.48. The molecule has 2 aromatic rings. The van der Waals surface area contributed by atoms with Crippen LogP contribution in [0.5, 0.6) is 0 Å². The van der Waals surface area contributed by atoms with E-state index in [4.69, 9.17) is 0 Å². The second-order valence-corrected chi connectivity index (χ2v) is 4.55. The Morgan fingerprint density at radius 1 is 1.12 bits per heavy atom. The van der Waals surface area contributed by atoms with E-state index in [0.29, 0.717) is 11.1 Å². The van der Waals surface area contributed by atoms with Crippen molar-refractivity contribution in [2.75, 3.05) is 0 Å². The maximum absolute atomic E-state index is 12.8. The molecule has 1 radical (unpaired) electrons. The summed E-state index contributed by atoms with van der Waals surface area (Å²) in [6.07, 6.45) is 0. The topological polar surface area (TPSA) is 34.1 Å². The molecule has 2 aromatic carbocycles. The van der Waals surface area contributed by atoms with E-state index in [9.17, 15) is 12.8 Å². The zero-order valence-corrected chi connectivity index (χ0v) is 9.78. The average Bonchev–Trinajstić information content (AvgIpc) is 2.30. The molecule has 0 amide bonds. The number of thiol groups is 1. The molecule has 0 aliphatic heterocycles. The summed E-state index contributed by atoms with van der Waals surface area (Å²) in [4.78, 5) is 0. The van der Waals surface area contributed by atoms with E-state index in [1.165, 1.54) is 12.1 Å². The molecule has 0 saturated carbocycles. The van der Waals surface area contributed by atoms with E-state index in [1.807, 2.05) is 0 Å². The first-order chi connectivity index (χ1) is 8.16.